The van der Waals surface area contributed by atoms with Gasteiger partial charge in [0.25, 0.3) is 84.3 Å². The van der Waals surface area contributed by atoms with Gasteiger partial charge in [-0.05, 0) is 145 Å². The second-order valence-corrected chi connectivity index (χ2v) is 28.0. The van der Waals surface area contributed by atoms with Crippen LogP contribution >= 0.6 is 0 Å². The molecule has 0 aromatic heterocycles. The summed E-state index contributed by atoms with van der Waals surface area (Å²) < 4.78 is 206. The summed E-state index contributed by atoms with van der Waals surface area (Å²) in [5.41, 5.74) is -4.99. The van der Waals surface area contributed by atoms with E-state index < -0.39 is 187 Å². The lowest BCUT2D eigenvalue weighted by molar-refractivity contribution is 0.0686. The average Bonchev–Trinajstić information content (AvgIpc) is 0.757. The highest BCUT2D eigenvalue weighted by atomic mass is 32.2. The lowest BCUT2D eigenvalue weighted by Crippen LogP contribution is -2.22. The Morgan fingerprint density at radius 2 is 0.587 bits per heavy atom. The van der Waals surface area contributed by atoms with Crippen LogP contribution in [0, 0.1) is 13.8 Å². The molecular weight excluding hydrogens is 1340 g/mol. The highest BCUT2D eigenvalue weighted by Gasteiger charge is 2.29. The summed E-state index contributed by atoms with van der Waals surface area (Å²) in [4.78, 5) is 86.6. The van der Waals surface area contributed by atoms with E-state index in [9.17, 15) is 122 Å². The van der Waals surface area contributed by atoms with Gasteiger partial charge in [-0.2, -0.15) is 50.5 Å². The number of aromatic carboxylic acids is 2. The van der Waals surface area contributed by atoms with Crippen LogP contribution in [0.2, 0.25) is 0 Å². The third kappa shape index (κ3) is 15.3. The van der Waals surface area contributed by atoms with Crippen molar-refractivity contribution in [3.8, 4) is 0 Å². The third-order valence-corrected chi connectivity index (χ3v) is 18.1. The van der Waals surface area contributed by atoms with Gasteiger partial charge >= 0.3 is 18.0 Å². The Morgan fingerprint density at radius 1 is 0.304 bits per heavy atom. The number of hydrogen-bond acceptors (Lipinski definition) is 19. The number of fused-ring (bicyclic) bond motifs is 2. The van der Waals surface area contributed by atoms with Crippen LogP contribution in [-0.2, 0) is 60.7 Å². The summed E-state index contributed by atoms with van der Waals surface area (Å²) in [5.74, 6) is -7.82. The normalized spacial score (nSPS) is 12.2. The number of carbonyl (C=O) groups is 7. The maximum absolute atomic E-state index is 13.8. The Kier molecular flexibility index (Phi) is 18.1. The third-order valence-electron chi connectivity index (χ3n) is 13.1. The number of urea groups is 1. The van der Waals surface area contributed by atoms with E-state index in [1.165, 1.54) is 26.0 Å². The van der Waals surface area contributed by atoms with Crippen molar-refractivity contribution in [2.75, 3.05) is 31.9 Å². The highest BCUT2D eigenvalue weighted by Crippen LogP contribution is 2.38. The van der Waals surface area contributed by atoms with E-state index >= 15 is 0 Å². The molecule has 39 heteroatoms. The summed E-state index contributed by atoms with van der Waals surface area (Å²) in [7, 11) is -31.8. The Hall–Kier alpha value is -10.2. The molecule has 0 saturated heterocycles. The standard InChI is InChI=1S/C53H40N6O27S6/c1-23-3-5-25(47(60)58-41-19-35(87(69,70)71)13-27-15-37(89(75,76)77)21-43(45(27)41)91(81,82)83)17-39(23)56-49(62)29-7-31(51(64)65)11-33(9-29)54-53(68)55-34-10-30(8-32(12-34)52(66)67)50(63)57-40-18-26(6-4-24(40)2)48(61)59-42-20-36(88(72,73)74)14-28-16-38(90(78,79)80)22-44(46(28)42)92(84,85)86/h3-22H,1-2H3,(H,56,62)(H,57,63)(H,58,60)(H,59,61)(H,64,65)(H,66,67)(H2,54,55,68)(H,69,70,71)(H,72,73,74)(H,75,76,77)(H,78,79,80)(H,81,82,83)(H,84,85,86). The first-order chi connectivity index (χ1) is 42.3. The molecule has 480 valence electrons. The van der Waals surface area contributed by atoms with E-state index in [-0.39, 0.29) is 45.0 Å². The van der Waals surface area contributed by atoms with Crippen molar-refractivity contribution in [3.05, 3.63) is 166 Å². The number of amides is 6. The second kappa shape index (κ2) is 24.6. The van der Waals surface area contributed by atoms with Gasteiger partial charge in [-0.15, -0.1) is 0 Å². The molecule has 8 aromatic rings. The first-order valence-corrected chi connectivity index (χ1v) is 33.4. The fourth-order valence-electron chi connectivity index (χ4n) is 8.82. The molecule has 8 aromatic carbocycles. The average molecular weight is 1390 g/mol. The molecule has 0 radical (unpaired) electrons. The maximum Gasteiger partial charge on any atom is 0.335 e. The summed E-state index contributed by atoms with van der Waals surface area (Å²) >= 11 is 0. The van der Waals surface area contributed by atoms with E-state index in [1.807, 2.05) is 0 Å². The van der Waals surface area contributed by atoms with E-state index in [2.05, 4.69) is 31.9 Å². The minimum Gasteiger partial charge on any atom is -0.478 e. The molecule has 14 N–H and O–H groups in total. The molecule has 0 saturated carbocycles. The van der Waals surface area contributed by atoms with Crippen molar-refractivity contribution < 1.29 is 122 Å². The number of aryl methyl sites for hydroxylation is 2. The molecule has 0 atom stereocenters. The number of benzene rings is 8. The molecule has 0 spiro atoms. The molecule has 6 amide bonds. The first kappa shape index (κ1) is 67.8. The monoisotopic (exact) mass is 1380 g/mol. The highest BCUT2D eigenvalue weighted by molar-refractivity contribution is 7.87. The molecule has 0 heterocycles. The van der Waals surface area contributed by atoms with E-state index in [0.717, 1.165) is 60.7 Å². The zero-order chi connectivity index (χ0) is 68.3. The van der Waals surface area contributed by atoms with Crippen molar-refractivity contribution in [1.29, 1.82) is 0 Å². The van der Waals surface area contributed by atoms with Gasteiger partial charge in [0, 0.05) is 55.8 Å². The Bertz CT molecular complexity index is 5030. The van der Waals surface area contributed by atoms with Crippen molar-refractivity contribution in [2.24, 2.45) is 0 Å². The summed E-state index contributed by atoms with van der Waals surface area (Å²) in [6.45, 7) is 2.86. The van der Waals surface area contributed by atoms with Crippen LogP contribution in [0.4, 0.5) is 38.9 Å². The van der Waals surface area contributed by atoms with Crippen LogP contribution in [0.3, 0.4) is 0 Å². The van der Waals surface area contributed by atoms with Gasteiger partial charge < -0.3 is 42.1 Å². The number of carboxylic acid groups (broad SMARTS) is 2. The summed E-state index contributed by atoms with van der Waals surface area (Å²) in [6, 6.07) is 15.2. The Labute approximate surface area is 517 Å². The number of nitrogens with one attached hydrogen (secondary N) is 6. The second-order valence-electron chi connectivity index (χ2n) is 19.5. The zero-order valence-corrected chi connectivity index (χ0v) is 50.7. The van der Waals surface area contributed by atoms with Gasteiger partial charge in [-0.25, -0.2) is 14.4 Å². The topological polar surface area (TPSA) is 558 Å². The van der Waals surface area contributed by atoms with Crippen LogP contribution in [0.15, 0.2) is 151 Å². The smallest absolute Gasteiger partial charge is 0.335 e. The summed E-state index contributed by atoms with van der Waals surface area (Å²) in [6.07, 6.45) is 0. The fraction of sp³-hybridized carbons (Fsp3) is 0.0377. The van der Waals surface area contributed by atoms with E-state index in [4.69, 9.17) is 0 Å². The molecule has 0 aliphatic heterocycles. The van der Waals surface area contributed by atoms with E-state index in [1.54, 1.807) is 0 Å². The van der Waals surface area contributed by atoms with Gasteiger partial charge in [0.05, 0.1) is 42.1 Å². The quantitative estimate of drug-likeness (QED) is 0.0429. The number of hydrogen-bond donors (Lipinski definition) is 14. The van der Waals surface area contributed by atoms with Crippen LogP contribution in [0.1, 0.15) is 73.3 Å². The number of rotatable bonds is 18. The molecule has 0 aliphatic carbocycles. The predicted octanol–water partition coefficient (Wildman–Crippen LogP) is 6.14. The molecule has 92 heavy (non-hydrogen) atoms. The SMILES string of the molecule is Cc1ccc(C(=O)Nc2cc(S(=O)(=O)O)cc3cc(S(=O)(=O)O)cc(S(=O)(=O)O)c23)cc1NC(=O)c1cc(NC(=O)Nc2cc(C(=O)O)cc(C(=O)Nc3cc(C(=O)Nc4cc(S(=O)(=O)O)cc5cc(S(=O)(=O)O)cc(S(=O)(=O)O)c45)ccc3C)c2)cc(C(=O)O)c1. The van der Waals surface area contributed by atoms with Crippen LogP contribution in [0.25, 0.3) is 21.5 Å². The van der Waals surface area contributed by atoms with Crippen molar-refractivity contribution in [2.45, 2.75) is 43.2 Å². The fourth-order valence-corrected chi connectivity index (χ4v) is 12.7. The Balaban J connectivity index is 1.02. The minimum absolute atomic E-state index is 0.159. The predicted molar refractivity (Wildman–Crippen MR) is 320 cm³/mol. The lowest BCUT2D eigenvalue weighted by atomic mass is 10.1. The maximum atomic E-state index is 13.8. The Morgan fingerprint density at radius 3 is 0.880 bits per heavy atom. The van der Waals surface area contributed by atoms with Gasteiger partial charge in [0.15, 0.2) is 0 Å². The largest absolute Gasteiger partial charge is 0.478 e. The molecule has 0 aliphatic rings. The molecule has 0 fully saturated rings. The van der Waals surface area contributed by atoms with Crippen molar-refractivity contribution in [3.63, 3.8) is 0 Å². The van der Waals surface area contributed by atoms with Gasteiger partial charge in [-0.1, -0.05) is 12.1 Å². The number of anilines is 6. The zero-order valence-electron chi connectivity index (χ0n) is 45.8. The van der Waals surface area contributed by atoms with Gasteiger partial charge in [-0.3, -0.25) is 46.5 Å². The molecule has 0 unspecified atom stereocenters. The van der Waals surface area contributed by atoms with Crippen molar-refractivity contribution in [1.82, 2.24) is 0 Å². The van der Waals surface area contributed by atoms with Gasteiger partial charge in [0.2, 0.25) is 0 Å². The molecule has 33 nitrogen and oxygen atoms in total. The van der Waals surface area contributed by atoms with Crippen LogP contribution < -0.4 is 31.9 Å². The number of carbonyl (C=O) groups excluding carboxylic acids is 5. The van der Waals surface area contributed by atoms with Crippen LogP contribution in [0.5, 0.6) is 0 Å². The number of carboxylic acids is 2. The lowest BCUT2D eigenvalue weighted by Gasteiger charge is -2.16. The van der Waals surface area contributed by atoms with Crippen LogP contribution in [-0.4, -0.2) is 130 Å². The minimum atomic E-state index is -5.44. The molecule has 0 bridgehead atoms. The summed E-state index contributed by atoms with van der Waals surface area (Å²) in [5, 5.41) is 31.1. The molecular formula is C53H40N6O27S6. The van der Waals surface area contributed by atoms with Crippen molar-refractivity contribution >= 4 is 158 Å². The molecule has 8 rings (SSSR count). The van der Waals surface area contributed by atoms with Gasteiger partial charge in [0.1, 0.15) is 9.79 Å². The van der Waals surface area contributed by atoms with E-state index in [0.29, 0.717) is 48.5 Å². The first-order valence-electron chi connectivity index (χ1n) is 24.8.